The number of aryl methyl sites for hydroxylation is 1. The van der Waals surface area contributed by atoms with Crippen LogP contribution in [0.5, 0.6) is 0 Å². The number of amides is 1. The number of carbonyl (C=O) groups is 1. The molecule has 1 aromatic carbocycles. The van der Waals surface area contributed by atoms with Crippen LogP contribution in [0.25, 0.3) is 0 Å². The lowest BCUT2D eigenvalue weighted by Gasteiger charge is -2.28. The molecule has 7 nitrogen and oxygen atoms in total. The molecule has 1 aliphatic rings. The molecule has 1 aliphatic heterocycles. The molecule has 0 bridgehead atoms. The van der Waals surface area contributed by atoms with Crippen molar-refractivity contribution in [3.8, 4) is 0 Å². The number of anilines is 1. The van der Waals surface area contributed by atoms with Crippen molar-refractivity contribution in [2.75, 3.05) is 17.6 Å². The predicted molar refractivity (Wildman–Crippen MR) is 93.8 cm³/mol. The van der Waals surface area contributed by atoms with Crippen molar-refractivity contribution in [3.05, 3.63) is 46.8 Å². The maximum absolute atomic E-state index is 12.3. The highest BCUT2D eigenvalue weighted by molar-refractivity contribution is 7.89. The Bertz CT molecular complexity index is 889. The number of benzene rings is 1. The van der Waals surface area contributed by atoms with E-state index < -0.39 is 10.0 Å². The molecule has 0 spiro atoms. The molecule has 25 heavy (non-hydrogen) atoms. The Labute approximate surface area is 147 Å². The quantitative estimate of drug-likeness (QED) is 0.880. The van der Waals surface area contributed by atoms with Gasteiger partial charge in [-0.2, -0.15) is 4.31 Å². The minimum Gasteiger partial charge on any atom is -0.361 e. The van der Waals surface area contributed by atoms with Gasteiger partial charge in [0.1, 0.15) is 5.76 Å². The maximum atomic E-state index is 12.3. The van der Waals surface area contributed by atoms with Gasteiger partial charge in [-0.1, -0.05) is 18.1 Å². The third-order valence-corrected chi connectivity index (χ3v) is 6.18. The summed E-state index contributed by atoms with van der Waals surface area (Å²) in [5.74, 6) is 0.361. The van der Waals surface area contributed by atoms with Crippen molar-refractivity contribution >= 4 is 21.6 Å². The van der Waals surface area contributed by atoms with E-state index in [-0.39, 0.29) is 17.4 Å². The van der Waals surface area contributed by atoms with Gasteiger partial charge in [-0.3, -0.25) is 4.79 Å². The number of hydrogen-bond acceptors (Lipinski definition) is 5. The van der Waals surface area contributed by atoms with Crippen LogP contribution in [0.4, 0.5) is 5.69 Å². The van der Waals surface area contributed by atoms with Crippen LogP contribution in [-0.4, -0.2) is 36.1 Å². The smallest absolute Gasteiger partial charge is 0.277 e. The minimum absolute atomic E-state index is 0.157. The SMILES string of the molecule is CCCS(=O)(=O)N1CCc2ccc(NC(=O)c3cc(C)on3)cc2C1. The van der Waals surface area contributed by atoms with E-state index >= 15 is 0 Å². The van der Waals surface area contributed by atoms with Gasteiger partial charge < -0.3 is 9.84 Å². The summed E-state index contributed by atoms with van der Waals surface area (Å²) in [5.41, 5.74) is 2.85. The summed E-state index contributed by atoms with van der Waals surface area (Å²) >= 11 is 0. The lowest BCUT2D eigenvalue weighted by Crippen LogP contribution is -2.37. The molecule has 0 saturated carbocycles. The molecule has 0 fully saturated rings. The monoisotopic (exact) mass is 363 g/mol. The Morgan fingerprint density at radius 2 is 2.12 bits per heavy atom. The molecule has 1 N–H and O–H groups in total. The third kappa shape index (κ3) is 3.91. The van der Waals surface area contributed by atoms with Crippen molar-refractivity contribution in [2.45, 2.75) is 33.2 Å². The molecular formula is C17H21N3O4S. The standard InChI is InChI=1S/C17H21N3O4S/c1-3-8-25(22,23)20-7-6-13-4-5-15(10-14(13)11-20)18-17(21)16-9-12(2)24-19-16/h4-5,9-10H,3,6-8,11H2,1-2H3,(H,18,21). The number of carbonyl (C=O) groups excluding carboxylic acids is 1. The first-order valence-electron chi connectivity index (χ1n) is 8.23. The number of nitrogens with one attached hydrogen (secondary N) is 1. The summed E-state index contributed by atoms with van der Waals surface area (Å²) < 4.78 is 31.0. The van der Waals surface area contributed by atoms with E-state index in [0.29, 0.717) is 37.4 Å². The summed E-state index contributed by atoms with van der Waals surface area (Å²) in [6.07, 6.45) is 1.27. The highest BCUT2D eigenvalue weighted by Gasteiger charge is 2.26. The fraction of sp³-hybridized carbons (Fsp3) is 0.412. The fourth-order valence-corrected chi connectivity index (χ4v) is 4.38. The van der Waals surface area contributed by atoms with Crippen molar-refractivity contribution in [1.29, 1.82) is 0 Å². The third-order valence-electron chi connectivity index (χ3n) is 4.16. The van der Waals surface area contributed by atoms with E-state index in [9.17, 15) is 13.2 Å². The van der Waals surface area contributed by atoms with E-state index in [2.05, 4.69) is 10.5 Å². The number of aromatic nitrogens is 1. The van der Waals surface area contributed by atoms with Crippen molar-refractivity contribution in [1.82, 2.24) is 9.46 Å². The number of hydrogen-bond donors (Lipinski definition) is 1. The summed E-state index contributed by atoms with van der Waals surface area (Å²) in [4.78, 5) is 12.2. The highest BCUT2D eigenvalue weighted by Crippen LogP contribution is 2.25. The molecule has 0 saturated heterocycles. The second-order valence-electron chi connectivity index (χ2n) is 6.16. The molecule has 0 unspecified atom stereocenters. The van der Waals surface area contributed by atoms with E-state index in [1.165, 1.54) is 4.31 Å². The Hall–Kier alpha value is -2.19. The highest BCUT2D eigenvalue weighted by atomic mass is 32.2. The first-order chi connectivity index (χ1) is 11.9. The van der Waals surface area contributed by atoms with Crippen LogP contribution in [0.1, 0.15) is 40.7 Å². The molecule has 0 radical (unpaired) electrons. The second-order valence-corrected chi connectivity index (χ2v) is 8.25. The molecule has 0 atom stereocenters. The first-order valence-corrected chi connectivity index (χ1v) is 9.84. The molecule has 2 aromatic rings. The van der Waals surface area contributed by atoms with Gasteiger partial charge >= 0.3 is 0 Å². The van der Waals surface area contributed by atoms with Crippen LogP contribution in [-0.2, 0) is 23.0 Å². The Balaban J connectivity index is 1.77. The fourth-order valence-electron chi connectivity index (χ4n) is 2.90. The largest absolute Gasteiger partial charge is 0.361 e. The van der Waals surface area contributed by atoms with Crippen molar-refractivity contribution < 1.29 is 17.7 Å². The van der Waals surface area contributed by atoms with E-state index in [4.69, 9.17) is 4.52 Å². The summed E-state index contributed by atoms with van der Waals surface area (Å²) in [6, 6.07) is 7.14. The van der Waals surface area contributed by atoms with Gasteiger partial charge in [0, 0.05) is 24.8 Å². The minimum atomic E-state index is -3.23. The van der Waals surface area contributed by atoms with E-state index in [1.54, 1.807) is 13.0 Å². The van der Waals surface area contributed by atoms with Gasteiger partial charge in [-0.25, -0.2) is 8.42 Å². The van der Waals surface area contributed by atoms with Gasteiger partial charge in [-0.05, 0) is 43.0 Å². The van der Waals surface area contributed by atoms with E-state index in [0.717, 1.165) is 11.1 Å². The second kappa shape index (κ2) is 6.97. The number of sulfonamides is 1. The number of fused-ring (bicyclic) bond motifs is 1. The van der Waals surface area contributed by atoms with Crippen LogP contribution in [0.3, 0.4) is 0 Å². The lowest BCUT2D eigenvalue weighted by molar-refractivity contribution is 0.101. The van der Waals surface area contributed by atoms with Crippen LogP contribution in [0, 0.1) is 6.92 Å². The van der Waals surface area contributed by atoms with Gasteiger partial charge in [0.25, 0.3) is 5.91 Å². The summed E-state index contributed by atoms with van der Waals surface area (Å²) in [5, 5.41) is 6.46. The molecule has 134 valence electrons. The summed E-state index contributed by atoms with van der Waals surface area (Å²) in [7, 11) is -3.23. The summed E-state index contributed by atoms with van der Waals surface area (Å²) in [6.45, 7) is 4.41. The molecule has 2 heterocycles. The average molecular weight is 363 g/mol. The van der Waals surface area contributed by atoms with Gasteiger partial charge in [0.05, 0.1) is 5.75 Å². The van der Waals surface area contributed by atoms with Gasteiger partial charge in [0.2, 0.25) is 10.0 Å². The molecule has 0 aliphatic carbocycles. The zero-order valence-electron chi connectivity index (χ0n) is 14.3. The van der Waals surface area contributed by atoms with Crippen molar-refractivity contribution in [3.63, 3.8) is 0 Å². The Kier molecular flexibility index (Phi) is 4.91. The molecule has 1 aromatic heterocycles. The molecule has 8 heteroatoms. The Morgan fingerprint density at radius 1 is 1.32 bits per heavy atom. The maximum Gasteiger partial charge on any atom is 0.277 e. The number of nitrogens with zero attached hydrogens (tertiary/aromatic N) is 2. The predicted octanol–water partition coefficient (Wildman–Crippen LogP) is 2.33. The molecule has 1 amide bonds. The molecular weight excluding hydrogens is 342 g/mol. The van der Waals surface area contributed by atoms with E-state index in [1.807, 2.05) is 25.1 Å². The lowest BCUT2D eigenvalue weighted by atomic mass is 10.0. The first kappa shape index (κ1) is 17.6. The topological polar surface area (TPSA) is 92.5 Å². The molecule has 3 rings (SSSR count). The van der Waals surface area contributed by atoms with Crippen LogP contribution >= 0.6 is 0 Å². The van der Waals surface area contributed by atoms with Crippen LogP contribution in [0.2, 0.25) is 0 Å². The van der Waals surface area contributed by atoms with Gasteiger partial charge in [0.15, 0.2) is 5.69 Å². The zero-order chi connectivity index (χ0) is 18.0. The number of rotatable bonds is 5. The normalized spacial score (nSPS) is 15.0. The van der Waals surface area contributed by atoms with Crippen LogP contribution < -0.4 is 5.32 Å². The van der Waals surface area contributed by atoms with Crippen molar-refractivity contribution in [2.24, 2.45) is 0 Å². The van der Waals surface area contributed by atoms with Crippen LogP contribution in [0.15, 0.2) is 28.8 Å². The Morgan fingerprint density at radius 3 is 2.80 bits per heavy atom. The van der Waals surface area contributed by atoms with Gasteiger partial charge in [-0.15, -0.1) is 0 Å². The average Bonchev–Trinajstić information content (AvgIpc) is 3.01. The zero-order valence-corrected chi connectivity index (χ0v) is 15.1.